The molecular weight excluding hydrogens is 500 g/mol. The van der Waals surface area contributed by atoms with Crippen molar-refractivity contribution in [2.45, 2.75) is 32.8 Å². The molecule has 1 aromatic heterocycles. The number of hydrogen-bond acceptors (Lipinski definition) is 6. The fourth-order valence-corrected chi connectivity index (χ4v) is 5.34. The Morgan fingerprint density at radius 1 is 0.800 bits per heavy atom. The van der Waals surface area contributed by atoms with Crippen molar-refractivity contribution >= 4 is 16.5 Å². The largest absolute Gasteiger partial charge is 0.494 e. The Labute approximate surface area is 236 Å². The van der Waals surface area contributed by atoms with Crippen LogP contribution in [-0.2, 0) is 0 Å². The fourth-order valence-electron chi connectivity index (χ4n) is 5.34. The van der Waals surface area contributed by atoms with Crippen LogP contribution in [-0.4, -0.2) is 60.5 Å². The first-order valence-corrected chi connectivity index (χ1v) is 14.2. The average molecular weight is 539 g/mol. The van der Waals surface area contributed by atoms with Gasteiger partial charge in [-0.15, -0.1) is 0 Å². The highest BCUT2D eigenvalue weighted by Gasteiger charge is 2.21. The Morgan fingerprint density at radius 3 is 2.02 bits per heavy atom. The second kappa shape index (κ2) is 13.5. The molecule has 4 aromatic rings. The molecule has 1 unspecified atom stereocenters. The highest BCUT2D eigenvalue weighted by molar-refractivity contribution is 5.85. The van der Waals surface area contributed by atoms with E-state index < -0.39 is 6.10 Å². The van der Waals surface area contributed by atoms with Crippen molar-refractivity contribution in [1.82, 2.24) is 9.88 Å². The quantitative estimate of drug-likeness (QED) is 0.239. The lowest BCUT2D eigenvalue weighted by atomic mass is 9.88. The molecule has 0 saturated carbocycles. The normalized spacial score (nSPS) is 14.6. The van der Waals surface area contributed by atoms with Crippen LogP contribution in [0.2, 0.25) is 0 Å². The van der Waals surface area contributed by atoms with E-state index >= 15 is 0 Å². The molecule has 0 bridgehead atoms. The summed E-state index contributed by atoms with van der Waals surface area (Å²) in [5.41, 5.74) is 5.97. The van der Waals surface area contributed by atoms with Gasteiger partial charge < -0.3 is 19.3 Å². The van der Waals surface area contributed by atoms with E-state index in [1.165, 1.54) is 22.3 Å². The Bertz CT molecular complexity index is 1350. The Kier molecular flexibility index (Phi) is 9.32. The zero-order chi connectivity index (χ0) is 27.7. The standard InChI is InChI=1S/C34H38N2O4/c1-3-38-29-14-10-25(11-15-29)34(26-12-16-30(17-13-26)39-4-2)27-18-21-36(22-19-27)23-28(37)24-40-33-9-5-8-32-31(33)7-6-20-35-32/h5-17,20,28,37H,3-4,18-19,21-24H2,1-2H3. The van der Waals surface area contributed by atoms with Crippen LogP contribution in [0.3, 0.4) is 0 Å². The molecule has 5 rings (SSSR count). The monoisotopic (exact) mass is 538 g/mol. The van der Waals surface area contributed by atoms with Crippen molar-refractivity contribution in [3.8, 4) is 17.2 Å². The van der Waals surface area contributed by atoms with Gasteiger partial charge in [0.1, 0.15) is 30.0 Å². The smallest absolute Gasteiger partial charge is 0.128 e. The van der Waals surface area contributed by atoms with Crippen LogP contribution >= 0.6 is 0 Å². The number of hydrogen-bond donors (Lipinski definition) is 1. The number of piperidine rings is 1. The summed E-state index contributed by atoms with van der Waals surface area (Å²) in [6.45, 7) is 7.91. The topological polar surface area (TPSA) is 64.1 Å². The number of nitrogens with zero attached hydrogens (tertiary/aromatic N) is 2. The number of β-amino-alcohol motifs (C(OH)–C–C–N with tert-alkyl or cyclic N) is 1. The number of ether oxygens (including phenoxy) is 3. The summed E-state index contributed by atoms with van der Waals surface area (Å²) in [6.07, 6.45) is 3.09. The van der Waals surface area contributed by atoms with Gasteiger partial charge in [0.05, 0.1) is 18.7 Å². The number of aliphatic hydroxyl groups excluding tert-OH is 1. The fraction of sp³-hybridized carbons (Fsp3) is 0.324. The van der Waals surface area contributed by atoms with Gasteiger partial charge >= 0.3 is 0 Å². The summed E-state index contributed by atoms with van der Waals surface area (Å²) in [5, 5.41) is 11.7. The van der Waals surface area contributed by atoms with E-state index in [1.807, 2.05) is 68.4 Å². The molecule has 6 heteroatoms. The molecule has 1 N–H and O–H groups in total. The van der Waals surface area contributed by atoms with Gasteiger partial charge in [0.15, 0.2) is 0 Å². The third kappa shape index (κ3) is 6.82. The van der Waals surface area contributed by atoms with Crippen LogP contribution in [0.5, 0.6) is 17.2 Å². The lowest BCUT2D eigenvalue weighted by Gasteiger charge is -2.31. The van der Waals surface area contributed by atoms with E-state index in [2.05, 4.69) is 34.1 Å². The molecule has 1 atom stereocenters. The third-order valence-electron chi connectivity index (χ3n) is 7.23. The number of aromatic nitrogens is 1. The number of likely N-dealkylation sites (tertiary alicyclic amines) is 1. The Balaban J connectivity index is 1.26. The minimum Gasteiger partial charge on any atom is -0.494 e. The molecule has 0 amide bonds. The van der Waals surface area contributed by atoms with Crippen LogP contribution in [0.4, 0.5) is 0 Å². The maximum absolute atomic E-state index is 10.8. The molecule has 3 aromatic carbocycles. The number of rotatable bonds is 11. The molecular formula is C34H38N2O4. The molecule has 208 valence electrons. The molecule has 1 fully saturated rings. The van der Waals surface area contributed by atoms with E-state index in [9.17, 15) is 5.11 Å². The lowest BCUT2D eigenvalue weighted by Crippen LogP contribution is -2.39. The average Bonchev–Trinajstić information content (AvgIpc) is 2.99. The summed E-state index contributed by atoms with van der Waals surface area (Å²) in [6, 6.07) is 26.5. The highest BCUT2D eigenvalue weighted by atomic mass is 16.5. The summed E-state index contributed by atoms with van der Waals surface area (Å²) in [7, 11) is 0. The van der Waals surface area contributed by atoms with Gasteiger partial charge in [-0.2, -0.15) is 0 Å². The molecule has 0 spiro atoms. The van der Waals surface area contributed by atoms with Crippen LogP contribution in [0.15, 0.2) is 90.6 Å². The van der Waals surface area contributed by atoms with Gasteiger partial charge in [0, 0.05) is 31.2 Å². The summed E-state index contributed by atoms with van der Waals surface area (Å²) in [5.74, 6) is 2.52. The maximum atomic E-state index is 10.8. The number of benzene rings is 3. The van der Waals surface area contributed by atoms with Crippen LogP contribution in [0.25, 0.3) is 16.5 Å². The van der Waals surface area contributed by atoms with Gasteiger partial charge in [0.25, 0.3) is 0 Å². The molecule has 2 heterocycles. The zero-order valence-electron chi connectivity index (χ0n) is 23.4. The molecule has 1 saturated heterocycles. The minimum atomic E-state index is -0.575. The second-order valence-electron chi connectivity index (χ2n) is 9.99. The van der Waals surface area contributed by atoms with E-state index in [1.54, 1.807) is 6.20 Å². The first-order chi connectivity index (χ1) is 19.6. The first-order valence-electron chi connectivity index (χ1n) is 14.2. The predicted octanol–water partition coefficient (Wildman–Crippen LogP) is 6.37. The maximum Gasteiger partial charge on any atom is 0.128 e. The van der Waals surface area contributed by atoms with Gasteiger partial charge in [-0.25, -0.2) is 0 Å². The van der Waals surface area contributed by atoms with Crippen molar-refractivity contribution in [3.05, 3.63) is 102 Å². The van der Waals surface area contributed by atoms with Crippen molar-refractivity contribution in [1.29, 1.82) is 0 Å². The molecule has 0 aliphatic carbocycles. The van der Waals surface area contributed by atoms with Gasteiger partial charge in [0.2, 0.25) is 0 Å². The van der Waals surface area contributed by atoms with Gasteiger partial charge in [-0.1, -0.05) is 35.9 Å². The summed E-state index contributed by atoms with van der Waals surface area (Å²) in [4.78, 5) is 6.71. The van der Waals surface area contributed by atoms with Crippen LogP contribution < -0.4 is 14.2 Å². The van der Waals surface area contributed by atoms with Crippen LogP contribution in [0.1, 0.15) is 37.8 Å². The summed E-state index contributed by atoms with van der Waals surface area (Å²) >= 11 is 0. The second-order valence-corrected chi connectivity index (χ2v) is 9.99. The van der Waals surface area contributed by atoms with E-state index in [0.717, 1.165) is 54.1 Å². The third-order valence-corrected chi connectivity index (χ3v) is 7.23. The highest BCUT2D eigenvalue weighted by Crippen LogP contribution is 2.34. The van der Waals surface area contributed by atoms with Crippen molar-refractivity contribution in [2.24, 2.45) is 0 Å². The lowest BCUT2D eigenvalue weighted by molar-refractivity contribution is 0.0661. The number of aliphatic hydroxyl groups is 1. The van der Waals surface area contributed by atoms with E-state index in [-0.39, 0.29) is 6.61 Å². The molecule has 0 radical (unpaired) electrons. The van der Waals surface area contributed by atoms with Crippen molar-refractivity contribution in [2.75, 3.05) is 39.5 Å². The van der Waals surface area contributed by atoms with Crippen LogP contribution in [0, 0.1) is 0 Å². The first kappa shape index (κ1) is 27.7. The van der Waals surface area contributed by atoms with E-state index in [4.69, 9.17) is 14.2 Å². The van der Waals surface area contributed by atoms with Crippen molar-refractivity contribution < 1.29 is 19.3 Å². The van der Waals surface area contributed by atoms with Gasteiger partial charge in [-0.05, 0) is 91.9 Å². The number of fused-ring (bicyclic) bond motifs is 1. The van der Waals surface area contributed by atoms with Gasteiger partial charge in [-0.3, -0.25) is 9.88 Å². The zero-order valence-corrected chi connectivity index (χ0v) is 23.4. The minimum absolute atomic E-state index is 0.247. The predicted molar refractivity (Wildman–Crippen MR) is 160 cm³/mol. The Morgan fingerprint density at radius 2 is 1.43 bits per heavy atom. The molecule has 1 aliphatic rings. The van der Waals surface area contributed by atoms with Crippen molar-refractivity contribution in [3.63, 3.8) is 0 Å². The molecule has 40 heavy (non-hydrogen) atoms. The van der Waals surface area contributed by atoms with E-state index in [0.29, 0.717) is 19.8 Å². The molecule has 1 aliphatic heterocycles. The molecule has 6 nitrogen and oxygen atoms in total. The SMILES string of the molecule is CCOc1ccc(C(=C2CCN(CC(O)COc3cccc4ncccc34)CC2)c2ccc(OCC)cc2)cc1. The summed E-state index contributed by atoms with van der Waals surface area (Å²) < 4.78 is 17.4. The number of pyridine rings is 1. The Hall–Kier alpha value is -3.87.